The van der Waals surface area contributed by atoms with Crippen LogP contribution in [0, 0.1) is 6.92 Å². The van der Waals surface area contributed by atoms with E-state index in [0.29, 0.717) is 0 Å². The molecule has 0 radical (unpaired) electrons. The molecule has 1 N–H and O–H groups in total. The van der Waals surface area contributed by atoms with E-state index in [1.54, 1.807) is 0 Å². The van der Waals surface area contributed by atoms with Gasteiger partial charge in [0.25, 0.3) is 5.91 Å². The van der Waals surface area contributed by atoms with Crippen LogP contribution in [-0.4, -0.2) is 41.6 Å². The molecule has 0 unspecified atom stereocenters. The molecule has 1 aliphatic rings. The topological polar surface area (TPSA) is 37.3 Å². The summed E-state index contributed by atoms with van der Waals surface area (Å²) in [5.41, 5.74) is 3.13. The van der Waals surface area contributed by atoms with Gasteiger partial charge in [-0.05, 0) is 38.4 Å². The lowest BCUT2D eigenvalue weighted by Crippen LogP contribution is -2.35. The molecule has 1 aromatic heterocycles. The molecule has 2 heterocycles. The number of aryl methyl sites for hydroxylation is 2. The van der Waals surface area contributed by atoms with Crippen molar-refractivity contribution in [3.63, 3.8) is 0 Å². The molecular weight excluding hydrogens is 262 g/mol. The van der Waals surface area contributed by atoms with Crippen LogP contribution in [0.3, 0.4) is 0 Å². The first kappa shape index (κ1) is 14.1. The lowest BCUT2D eigenvalue weighted by Gasteiger charge is -2.21. The maximum absolute atomic E-state index is 13.0. The van der Waals surface area contributed by atoms with Gasteiger partial charge in [-0.2, -0.15) is 0 Å². The van der Waals surface area contributed by atoms with Gasteiger partial charge in [0.15, 0.2) is 0 Å². The molecule has 1 aromatic carbocycles. The minimum absolute atomic E-state index is 0.175. The van der Waals surface area contributed by atoms with Crippen molar-refractivity contribution in [1.29, 1.82) is 0 Å². The average Bonchev–Trinajstić information content (AvgIpc) is 2.70. The van der Waals surface area contributed by atoms with Crippen LogP contribution in [0.15, 0.2) is 24.3 Å². The van der Waals surface area contributed by atoms with Crippen molar-refractivity contribution in [2.45, 2.75) is 26.8 Å². The Kier molecular flexibility index (Phi) is 3.97. The SMILES string of the molecule is CCn1c(C(=O)N2CCCNCC2)c(C)c2ccccc21. The van der Waals surface area contributed by atoms with Crippen LogP contribution >= 0.6 is 0 Å². The number of nitrogens with zero attached hydrogens (tertiary/aromatic N) is 2. The summed E-state index contributed by atoms with van der Waals surface area (Å²) >= 11 is 0. The Morgan fingerprint density at radius 1 is 1.24 bits per heavy atom. The number of hydrogen-bond donors (Lipinski definition) is 1. The number of amides is 1. The Morgan fingerprint density at radius 3 is 2.86 bits per heavy atom. The molecule has 0 bridgehead atoms. The molecule has 1 saturated heterocycles. The van der Waals surface area contributed by atoms with Crippen molar-refractivity contribution in [3.8, 4) is 0 Å². The first-order valence-corrected chi connectivity index (χ1v) is 7.82. The molecule has 0 aliphatic carbocycles. The van der Waals surface area contributed by atoms with E-state index in [-0.39, 0.29) is 5.91 Å². The zero-order chi connectivity index (χ0) is 14.8. The normalized spacial score (nSPS) is 16.2. The molecule has 1 aliphatic heterocycles. The Bertz CT molecular complexity index is 651. The number of rotatable bonds is 2. The van der Waals surface area contributed by atoms with Crippen LogP contribution in [0.4, 0.5) is 0 Å². The van der Waals surface area contributed by atoms with E-state index < -0.39 is 0 Å². The van der Waals surface area contributed by atoms with Gasteiger partial charge in [-0.25, -0.2) is 0 Å². The summed E-state index contributed by atoms with van der Waals surface area (Å²) in [5, 5.41) is 4.54. The number of hydrogen-bond acceptors (Lipinski definition) is 2. The van der Waals surface area contributed by atoms with Gasteiger partial charge < -0.3 is 14.8 Å². The number of para-hydroxylation sites is 1. The molecule has 3 rings (SSSR count). The van der Waals surface area contributed by atoms with Gasteiger partial charge in [0, 0.05) is 37.1 Å². The highest BCUT2D eigenvalue weighted by molar-refractivity contribution is 6.01. The zero-order valence-corrected chi connectivity index (χ0v) is 12.9. The number of fused-ring (bicyclic) bond motifs is 1. The Hall–Kier alpha value is -1.81. The number of aromatic nitrogens is 1. The van der Waals surface area contributed by atoms with Crippen LogP contribution in [0.1, 0.15) is 29.4 Å². The zero-order valence-electron chi connectivity index (χ0n) is 12.9. The molecule has 0 saturated carbocycles. The summed E-state index contributed by atoms with van der Waals surface area (Å²) in [4.78, 5) is 15.0. The Labute approximate surface area is 125 Å². The number of carbonyl (C=O) groups excluding carboxylic acids is 1. The first-order valence-electron chi connectivity index (χ1n) is 7.82. The quantitative estimate of drug-likeness (QED) is 0.920. The molecule has 1 fully saturated rings. The molecular formula is C17H23N3O. The lowest BCUT2D eigenvalue weighted by atomic mass is 10.1. The first-order chi connectivity index (χ1) is 10.2. The van der Waals surface area contributed by atoms with Crippen LogP contribution in [0.2, 0.25) is 0 Å². The third-order valence-corrected chi connectivity index (χ3v) is 4.37. The van der Waals surface area contributed by atoms with Crippen molar-refractivity contribution >= 4 is 16.8 Å². The van der Waals surface area contributed by atoms with Gasteiger partial charge in [0.2, 0.25) is 0 Å². The standard InChI is InChI=1S/C17H23N3O/c1-3-20-15-8-5-4-7-14(15)13(2)16(20)17(21)19-11-6-9-18-10-12-19/h4-5,7-8,18H,3,6,9-12H2,1-2H3. The van der Waals surface area contributed by atoms with E-state index in [1.807, 2.05) is 17.0 Å². The number of nitrogens with one attached hydrogen (secondary N) is 1. The van der Waals surface area contributed by atoms with Gasteiger partial charge in [0.1, 0.15) is 5.69 Å². The monoisotopic (exact) mass is 285 g/mol. The second-order valence-corrected chi connectivity index (χ2v) is 5.63. The third-order valence-electron chi connectivity index (χ3n) is 4.37. The molecule has 0 spiro atoms. The van der Waals surface area contributed by atoms with Crippen LogP contribution < -0.4 is 5.32 Å². The summed E-state index contributed by atoms with van der Waals surface area (Å²) in [5.74, 6) is 0.175. The smallest absolute Gasteiger partial charge is 0.270 e. The highest BCUT2D eigenvalue weighted by atomic mass is 16.2. The predicted molar refractivity (Wildman–Crippen MR) is 85.7 cm³/mol. The minimum Gasteiger partial charge on any atom is -0.337 e. The predicted octanol–water partition coefficient (Wildman–Crippen LogP) is 2.41. The molecule has 4 nitrogen and oxygen atoms in total. The van der Waals surface area contributed by atoms with E-state index in [9.17, 15) is 4.79 Å². The van der Waals surface area contributed by atoms with Crippen molar-refractivity contribution in [3.05, 3.63) is 35.5 Å². The highest BCUT2D eigenvalue weighted by Gasteiger charge is 2.24. The average molecular weight is 285 g/mol. The molecule has 112 valence electrons. The van der Waals surface area contributed by atoms with E-state index in [4.69, 9.17) is 0 Å². The van der Waals surface area contributed by atoms with Gasteiger partial charge >= 0.3 is 0 Å². The Morgan fingerprint density at radius 2 is 2.05 bits per heavy atom. The number of carbonyl (C=O) groups is 1. The summed E-state index contributed by atoms with van der Waals surface area (Å²) in [6.07, 6.45) is 1.02. The molecule has 1 amide bonds. The Balaban J connectivity index is 2.06. The maximum Gasteiger partial charge on any atom is 0.270 e. The molecule has 4 heteroatoms. The van der Waals surface area contributed by atoms with E-state index >= 15 is 0 Å². The molecule has 21 heavy (non-hydrogen) atoms. The van der Waals surface area contributed by atoms with Gasteiger partial charge in [0.05, 0.1) is 0 Å². The van der Waals surface area contributed by atoms with Crippen molar-refractivity contribution in [1.82, 2.24) is 14.8 Å². The fraction of sp³-hybridized carbons (Fsp3) is 0.471. The van der Waals surface area contributed by atoms with Crippen molar-refractivity contribution in [2.75, 3.05) is 26.2 Å². The lowest BCUT2D eigenvalue weighted by molar-refractivity contribution is 0.0755. The minimum atomic E-state index is 0.175. The number of benzene rings is 1. The summed E-state index contributed by atoms with van der Waals surface area (Å²) in [6.45, 7) is 8.52. The van der Waals surface area contributed by atoms with Gasteiger partial charge in [-0.3, -0.25) is 4.79 Å². The second-order valence-electron chi connectivity index (χ2n) is 5.63. The highest BCUT2D eigenvalue weighted by Crippen LogP contribution is 2.26. The third kappa shape index (κ3) is 2.44. The summed E-state index contributed by atoms with van der Waals surface area (Å²) in [7, 11) is 0. The van der Waals surface area contributed by atoms with Crippen molar-refractivity contribution < 1.29 is 4.79 Å². The van der Waals surface area contributed by atoms with Gasteiger partial charge in [-0.1, -0.05) is 18.2 Å². The van der Waals surface area contributed by atoms with Crippen LogP contribution in [0.25, 0.3) is 10.9 Å². The van der Waals surface area contributed by atoms with Gasteiger partial charge in [-0.15, -0.1) is 0 Å². The fourth-order valence-corrected chi connectivity index (χ4v) is 3.28. The summed E-state index contributed by atoms with van der Waals surface area (Å²) in [6, 6.07) is 8.29. The van der Waals surface area contributed by atoms with Crippen LogP contribution in [0.5, 0.6) is 0 Å². The van der Waals surface area contributed by atoms with Crippen molar-refractivity contribution in [2.24, 2.45) is 0 Å². The fourth-order valence-electron chi connectivity index (χ4n) is 3.28. The summed E-state index contributed by atoms with van der Waals surface area (Å²) < 4.78 is 2.16. The van der Waals surface area contributed by atoms with Crippen LogP contribution in [-0.2, 0) is 6.54 Å². The largest absolute Gasteiger partial charge is 0.337 e. The van der Waals surface area contributed by atoms with E-state index in [1.165, 1.54) is 5.39 Å². The molecule has 0 atom stereocenters. The second kappa shape index (κ2) is 5.90. The van der Waals surface area contributed by atoms with E-state index in [0.717, 1.165) is 55.9 Å². The van der Waals surface area contributed by atoms with E-state index in [2.05, 4.69) is 35.9 Å². The molecule has 2 aromatic rings. The maximum atomic E-state index is 13.0.